The van der Waals surface area contributed by atoms with Crippen LogP contribution in [-0.4, -0.2) is 59.1 Å². The van der Waals surface area contributed by atoms with Gasteiger partial charge in [-0.1, -0.05) is 54.1 Å². The first-order valence-corrected chi connectivity index (χ1v) is 10.4. The van der Waals surface area contributed by atoms with Gasteiger partial charge >= 0.3 is 0 Å². The number of carbonyl (C=O) groups excluding carboxylic acids is 1. The van der Waals surface area contributed by atoms with Gasteiger partial charge in [0, 0.05) is 38.0 Å². The van der Waals surface area contributed by atoms with Crippen LogP contribution in [0.4, 0.5) is 0 Å². The molecule has 2 saturated heterocycles. The van der Waals surface area contributed by atoms with Gasteiger partial charge in [-0.2, -0.15) is 0 Å². The third-order valence-corrected chi connectivity index (χ3v) is 6.50. The molecule has 2 fully saturated rings. The minimum atomic E-state index is 0.155. The molecule has 3 atom stereocenters. The molecule has 4 heteroatoms. The summed E-state index contributed by atoms with van der Waals surface area (Å²) in [4.78, 5) is 16.4. The molecule has 4 rings (SSSR count). The van der Waals surface area contributed by atoms with Crippen LogP contribution in [0.25, 0.3) is 11.1 Å². The minimum Gasteiger partial charge on any atom is -0.395 e. The molecule has 0 radical (unpaired) electrons. The van der Waals surface area contributed by atoms with E-state index in [9.17, 15) is 9.90 Å². The van der Waals surface area contributed by atoms with Crippen LogP contribution in [0.1, 0.15) is 36.8 Å². The van der Waals surface area contributed by atoms with E-state index in [1.54, 1.807) is 6.92 Å². The molecule has 148 valence electrons. The number of nitrogens with zero attached hydrogens (tertiary/aromatic N) is 2. The average Bonchev–Trinajstić information content (AvgIpc) is 2.67. The van der Waals surface area contributed by atoms with Crippen LogP contribution in [0.3, 0.4) is 0 Å². The summed E-state index contributed by atoms with van der Waals surface area (Å²) in [7, 11) is 0. The summed E-state index contributed by atoms with van der Waals surface area (Å²) in [6.45, 7) is 6.56. The molecule has 0 spiro atoms. The van der Waals surface area contributed by atoms with Crippen molar-refractivity contribution in [2.75, 3.05) is 26.2 Å². The van der Waals surface area contributed by atoms with E-state index in [-0.39, 0.29) is 24.5 Å². The second kappa shape index (κ2) is 8.06. The largest absolute Gasteiger partial charge is 0.395 e. The lowest BCUT2D eigenvalue weighted by atomic mass is 9.74. The van der Waals surface area contributed by atoms with Crippen LogP contribution in [0.2, 0.25) is 0 Å². The molecule has 1 N–H and O–H groups in total. The van der Waals surface area contributed by atoms with E-state index in [0.29, 0.717) is 6.04 Å². The Kier molecular flexibility index (Phi) is 5.51. The molecule has 2 aromatic carbocycles. The normalized spacial score (nSPS) is 25.4. The first-order chi connectivity index (χ1) is 13.6. The number of aryl methyl sites for hydroxylation is 1. The van der Waals surface area contributed by atoms with Crippen LogP contribution >= 0.6 is 0 Å². The quantitative estimate of drug-likeness (QED) is 0.890. The van der Waals surface area contributed by atoms with Gasteiger partial charge in [0.15, 0.2) is 0 Å². The summed E-state index contributed by atoms with van der Waals surface area (Å²) < 4.78 is 0. The van der Waals surface area contributed by atoms with Crippen LogP contribution in [0.15, 0.2) is 48.5 Å². The number of rotatable bonds is 3. The standard InChI is InChI=1S/C24H30N2O2/c1-17-5-7-19(8-6-17)20-9-11-21(12-10-20)24-22-15-25(18(2)28)13-3-4-14-26(22)23(24)16-27/h5-12,22-24,27H,3-4,13-16H2,1-2H3/t22-,23+,24+/m1/s1. The molecule has 4 nitrogen and oxygen atoms in total. The zero-order valence-electron chi connectivity index (χ0n) is 16.8. The van der Waals surface area contributed by atoms with Gasteiger partial charge in [0.05, 0.1) is 6.61 Å². The predicted octanol–water partition coefficient (Wildman–Crippen LogP) is 3.43. The molecule has 2 aliphatic heterocycles. The van der Waals surface area contributed by atoms with Crippen molar-refractivity contribution in [3.8, 4) is 11.1 Å². The molecule has 2 heterocycles. The van der Waals surface area contributed by atoms with Gasteiger partial charge in [-0.25, -0.2) is 0 Å². The maximum atomic E-state index is 12.0. The maximum Gasteiger partial charge on any atom is 0.219 e. The third-order valence-electron chi connectivity index (χ3n) is 6.50. The first-order valence-electron chi connectivity index (χ1n) is 10.4. The van der Waals surface area contributed by atoms with Crippen molar-refractivity contribution in [1.29, 1.82) is 0 Å². The number of amides is 1. The van der Waals surface area contributed by atoms with Gasteiger partial charge in [0.25, 0.3) is 0 Å². The van der Waals surface area contributed by atoms with E-state index >= 15 is 0 Å². The summed E-state index contributed by atoms with van der Waals surface area (Å²) >= 11 is 0. The minimum absolute atomic E-state index is 0.155. The second-order valence-corrected chi connectivity index (χ2v) is 8.24. The average molecular weight is 379 g/mol. The van der Waals surface area contributed by atoms with Crippen molar-refractivity contribution in [3.05, 3.63) is 59.7 Å². The number of fused-ring (bicyclic) bond motifs is 1. The predicted molar refractivity (Wildman–Crippen MR) is 112 cm³/mol. The smallest absolute Gasteiger partial charge is 0.219 e. The SMILES string of the molecule is CC(=O)N1CCCCN2[C@H](C1)[C@H](c1ccc(-c3ccc(C)cc3)cc1)[C@@H]2CO. The van der Waals surface area contributed by atoms with Crippen LogP contribution in [0.5, 0.6) is 0 Å². The fraction of sp³-hybridized carbons (Fsp3) is 0.458. The topological polar surface area (TPSA) is 43.8 Å². The fourth-order valence-electron chi connectivity index (χ4n) is 4.87. The Balaban J connectivity index is 1.57. The number of benzene rings is 2. The fourth-order valence-corrected chi connectivity index (χ4v) is 4.87. The Morgan fingerprint density at radius 1 is 1.00 bits per heavy atom. The Bertz CT molecular complexity index is 816. The highest BCUT2D eigenvalue weighted by Crippen LogP contribution is 2.42. The number of carbonyl (C=O) groups is 1. The molecule has 2 aromatic rings. The van der Waals surface area contributed by atoms with Gasteiger partial charge in [0.1, 0.15) is 0 Å². The van der Waals surface area contributed by atoms with Gasteiger partial charge in [-0.05, 0) is 43.0 Å². The maximum absolute atomic E-state index is 12.0. The Morgan fingerprint density at radius 3 is 2.21 bits per heavy atom. The van der Waals surface area contributed by atoms with Crippen molar-refractivity contribution >= 4 is 5.91 Å². The molecule has 0 unspecified atom stereocenters. The second-order valence-electron chi connectivity index (χ2n) is 8.24. The Morgan fingerprint density at radius 2 is 1.61 bits per heavy atom. The number of hydrogen-bond acceptors (Lipinski definition) is 3. The van der Waals surface area contributed by atoms with E-state index in [4.69, 9.17) is 0 Å². The van der Waals surface area contributed by atoms with Crippen molar-refractivity contribution in [2.24, 2.45) is 0 Å². The molecule has 2 aliphatic rings. The zero-order chi connectivity index (χ0) is 19.7. The van der Waals surface area contributed by atoms with E-state index in [1.165, 1.54) is 22.3 Å². The highest BCUT2D eigenvalue weighted by molar-refractivity contribution is 5.73. The molecule has 0 aliphatic carbocycles. The van der Waals surface area contributed by atoms with Crippen molar-refractivity contribution in [3.63, 3.8) is 0 Å². The van der Waals surface area contributed by atoms with Crippen molar-refractivity contribution < 1.29 is 9.90 Å². The monoisotopic (exact) mass is 378 g/mol. The van der Waals surface area contributed by atoms with E-state index in [1.807, 2.05) is 4.90 Å². The summed E-state index contributed by atoms with van der Waals surface area (Å²) in [5, 5.41) is 10.0. The lowest BCUT2D eigenvalue weighted by Gasteiger charge is -2.57. The third kappa shape index (κ3) is 3.59. The lowest BCUT2D eigenvalue weighted by Crippen LogP contribution is -2.67. The van der Waals surface area contributed by atoms with Gasteiger partial charge in [0.2, 0.25) is 5.91 Å². The van der Waals surface area contributed by atoms with Gasteiger partial charge in [-0.15, -0.1) is 0 Å². The van der Waals surface area contributed by atoms with E-state index in [0.717, 1.165) is 32.5 Å². The number of aliphatic hydroxyl groups is 1. The van der Waals surface area contributed by atoms with Crippen molar-refractivity contribution in [2.45, 2.75) is 44.7 Å². The molecular weight excluding hydrogens is 348 g/mol. The van der Waals surface area contributed by atoms with Crippen LogP contribution < -0.4 is 0 Å². The molecule has 0 bridgehead atoms. The highest BCUT2D eigenvalue weighted by Gasteiger charge is 2.49. The van der Waals surface area contributed by atoms with Gasteiger partial charge < -0.3 is 10.0 Å². The van der Waals surface area contributed by atoms with Crippen LogP contribution in [-0.2, 0) is 4.79 Å². The summed E-state index contributed by atoms with van der Waals surface area (Å²) in [6.07, 6.45) is 2.12. The molecule has 1 amide bonds. The summed E-state index contributed by atoms with van der Waals surface area (Å²) in [5.74, 6) is 0.430. The van der Waals surface area contributed by atoms with Gasteiger partial charge in [-0.3, -0.25) is 9.69 Å². The molecular formula is C24H30N2O2. The van der Waals surface area contributed by atoms with Crippen LogP contribution in [0, 0.1) is 6.92 Å². The molecule has 28 heavy (non-hydrogen) atoms. The summed E-state index contributed by atoms with van der Waals surface area (Å²) in [5.41, 5.74) is 4.96. The molecule has 0 saturated carbocycles. The Hall–Kier alpha value is -2.17. The van der Waals surface area contributed by atoms with Crippen molar-refractivity contribution in [1.82, 2.24) is 9.80 Å². The number of hydrogen-bond donors (Lipinski definition) is 1. The lowest BCUT2D eigenvalue weighted by molar-refractivity contribution is -0.134. The highest BCUT2D eigenvalue weighted by atomic mass is 16.3. The Labute approximate surface area is 167 Å². The first kappa shape index (κ1) is 19.2. The zero-order valence-corrected chi connectivity index (χ0v) is 16.8. The molecule has 0 aromatic heterocycles. The van der Waals surface area contributed by atoms with E-state index in [2.05, 4.69) is 60.4 Å². The van der Waals surface area contributed by atoms with E-state index < -0.39 is 0 Å². The summed E-state index contributed by atoms with van der Waals surface area (Å²) in [6, 6.07) is 17.8. The number of aliphatic hydroxyl groups excluding tert-OH is 1.